The van der Waals surface area contributed by atoms with Crippen LogP contribution >= 0.6 is 0 Å². The number of esters is 1. The highest BCUT2D eigenvalue weighted by Gasteiger charge is 2.27. The van der Waals surface area contributed by atoms with Gasteiger partial charge < -0.3 is 15.0 Å². The Kier molecular flexibility index (Phi) is 7.94. The highest BCUT2D eigenvalue weighted by atomic mass is 19.1. The van der Waals surface area contributed by atoms with E-state index in [1.54, 1.807) is 41.3 Å². The molecule has 2 aromatic rings. The summed E-state index contributed by atoms with van der Waals surface area (Å²) in [5.74, 6) is -0.804. The van der Waals surface area contributed by atoms with Crippen LogP contribution in [0.3, 0.4) is 0 Å². The van der Waals surface area contributed by atoms with Crippen molar-refractivity contribution in [1.82, 2.24) is 15.1 Å². The van der Waals surface area contributed by atoms with Crippen molar-refractivity contribution in [3.05, 3.63) is 71.0 Å². The minimum absolute atomic E-state index is 0.00349. The molecule has 2 amide bonds. The first-order valence-electron chi connectivity index (χ1n) is 10.6. The number of piperazine rings is 1. The molecule has 3 rings (SSSR count). The lowest BCUT2D eigenvalue weighted by Crippen LogP contribution is -2.55. The van der Waals surface area contributed by atoms with Crippen LogP contribution in [-0.4, -0.2) is 66.9 Å². The zero-order valence-electron chi connectivity index (χ0n) is 18.3. The van der Waals surface area contributed by atoms with Gasteiger partial charge in [-0.1, -0.05) is 24.3 Å². The summed E-state index contributed by atoms with van der Waals surface area (Å²) in [7, 11) is 1.33. The van der Waals surface area contributed by atoms with Gasteiger partial charge in [0.05, 0.1) is 25.1 Å². The number of amides is 2. The number of nitrogens with one attached hydrogen (secondary N) is 1. The van der Waals surface area contributed by atoms with Crippen LogP contribution in [0.25, 0.3) is 0 Å². The zero-order valence-corrected chi connectivity index (χ0v) is 18.3. The summed E-state index contributed by atoms with van der Waals surface area (Å²) in [6.07, 6.45) is 0.241. The Bertz CT molecular complexity index is 939. The minimum atomic E-state index is -0.399. The molecule has 1 aliphatic rings. The third-order valence-corrected chi connectivity index (χ3v) is 5.70. The molecule has 0 spiro atoms. The van der Waals surface area contributed by atoms with E-state index in [1.165, 1.54) is 19.2 Å². The minimum Gasteiger partial charge on any atom is -0.465 e. The molecule has 0 aliphatic carbocycles. The van der Waals surface area contributed by atoms with Crippen molar-refractivity contribution in [3.8, 4) is 0 Å². The number of methoxy groups -OCH3 is 1. The van der Waals surface area contributed by atoms with Gasteiger partial charge in [0.25, 0.3) is 0 Å². The molecule has 0 aromatic heterocycles. The third kappa shape index (κ3) is 6.13. The monoisotopic (exact) mass is 441 g/mol. The van der Waals surface area contributed by atoms with Crippen LogP contribution in [0.5, 0.6) is 0 Å². The number of halogens is 1. The summed E-state index contributed by atoms with van der Waals surface area (Å²) >= 11 is 0. The molecule has 0 saturated carbocycles. The third-order valence-electron chi connectivity index (χ3n) is 5.70. The molecule has 2 aromatic carbocycles. The van der Waals surface area contributed by atoms with E-state index in [0.717, 1.165) is 11.1 Å². The van der Waals surface area contributed by atoms with Gasteiger partial charge in [0.2, 0.25) is 11.8 Å². The van der Waals surface area contributed by atoms with Crippen LogP contribution in [0, 0.1) is 5.82 Å². The molecule has 7 nitrogen and oxygen atoms in total. The Hall–Kier alpha value is -3.26. The fourth-order valence-electron chi connectivity index (χ4n) is 3.63. The van der Waals surface area contributed by atoms with Crippen molar-refractivity contribution in [2.75, 3.05) is 33.3 Å². The van der Waals surface area contributed by atoms with Crippen molar-refractivity contribution in [1.29, 1.82) is 0 Å². The van der Waals surface area contributed by atoms with Crippen molar-refractivity contribution in [3.63, 3.8) is 0 Å². The van der Waals surface area contributed by atoms with E-state index in [0.29, 0.717) is 38.3 Å². The Morgan fingerprint density at radius 3 is 2.16 bits per heavy atom. The van der Waals surface area contributed by atoms with Crippen LogP contribution in [0.4, 0.5) is 4.39 Å². The van der Waals surface area contributed by atoms with E-state index in [4.69, 9.17) is 0 Å². The Morgan fingerprint density at radius 2 is 1.56 bits per heavy atom. The average Bonchev–Trinajstić information content (AvgIpc) is 2.83. The van der Waals surface area contributed by atoms with Gasteiger partial charge in [-0.05, 0) is 42.3 Å². The van der Waals surface area contributed by atoms with Crippen LogP contribution < -0.4 is 5.32 Å². The summed E-state index contributed by atoms with van der Waals surface area (Å²) < 4.78 is 17.7. The van der Waals surface area contributed by atoms with Gasteiger partial charge in [0.1, 0.15) is 5.82 Å². The number of rotatable bonds is 7. The highest BCUT2D eigenvalue weighted by molar-refractivity contribution is 5.89. The van der Waals surface area contributed by atoms with Gasteiger partial charge in [-0.3, -0.25) is 14.5 Å². The fraction of sp³-hybridized carbons (Fsp3) is 0.375. The average molecular weight is 442 g/mol. The van der Waals surface area contributed by atoms with Crippen molar-refractivity contribution < 1.29 is 23.5 Å². The second-order valence-corrected chi connectivity index (χ2v) is 7.80. The first-order valence-corrected chi connectivity index (χ1v) is 10.6. The van der Waals surface area contributed by atoms with E-state index < -0.39 is 5.97 Å². The summed E-state index contributed by atoms with van der Waals surface area (Å²) in [4.78, 5) is 40.4. The number of carbonyl (C=O) groups is 3. The molecule has 0 radical (unpaired) electrons. The molecule has 1 atom stereocenters. The molecule has 1 N–H and O–H groups in total. The smallest absolute Gasteiger partial charge is 0.337 e. The van der Waals surface area contributed by atoms with Crippen molar-refractivity contribution in [2.24, 2.45) is 0 Å². The largest absolute Gasteiger partial charge is 0.465 e. The van der Waals surface area contributed by atoms with E-state index >= 15 is 0 Å². The summed E-state index contributed by atoms with van der Waals surface area (Å²) in [5, 5.41) is 2.92. The van der Waals surface area contributed by atoms with Gasteiger partial charge in [0, 0.05) is 32.7 Å². The lowest BCUT2D eigenvalue weighted by Gasteiger charge is -2.37. The van der Waals surface area contributed by atoms with Crippen molar-refractivity contribution >= 4 is 17.8 Å². The molecule has 1 aliphatic heterocycles. The quantitative estimate of drug-likeness (QED) is 0.665. The number of hydrogen-bond donors (Lipinski definition) is 1. The number of hydrogen-bond acceptors (Lipinski definition) is 5. The maximum Gasteiger partial charge on any atom is 0.337 e. The first kappa shape index (κ1) is 23.4. The molecule has 1 unspecified atom stereocenters. The lowest BCUT2D eigenvalue weighted by atomic mass is 10.1. The molecular weight excluding hydrogens is 413 g/mol. The normalized spacial score (nSPS) is 15.2. The van der Waals surface area contributed by atoms with Crippen LogP contribution in [0.2, 0.25) is 0 Å². The molecular formula is C24H28FN3O4. The number of ether oxygens (including phenoxy) is 1. The maximum absolute atomic E-state index is 13.0. The van der Waals surface area contributed by atoms with Crippen LogP contribution in [0.15, 0.2) is 48.5 Å². The predicted octanol–water partition coefficient (Wildman–Crippen LogP) is 2.00. The molecule has 1 fully saturated rings. The number of benzene rings is 2. The molecule has 0 bridgehead atoms. The Morgan fingerprint density at radius 1 is 0.969 bits per heavy atom. The molecule has 1 saturated heterocycles. The molecule has 170 valence electrons. The van der Waals surface area contributed by atoms with E-state index in [9.17, 15) is 18.8 Å². The van der Waals surface area contributed by atoms with Gasteiger partial charge >= 0.3 is 5.97 Å². The lowest BCUT2D eigenvalue weighted by molar-refractivity contribution is -0.133. The van der Waals surface area contributed by atoms with Crippen molar-refractivity contribution in [2.45, 2.75) is 25.9 Å². The van der Waals surface area contributed by atoms with E-state index in [1.807, 2.05) is 6.92 Å². The SMILES string of the molecule is COC(=O)c1ccc(CNC(=O)C(C)N2CCN(C(=O)Cc3ccc(F)cc3)CC2)cc1. The Labute approximate surface area is 187 Å². The van der Waals surface area contributed by atoms with Crippen LogP contribution in [-0.2, 0) is 27.3 Å². The molecule has 1 heterocycles. The summed E-state index contributed by atoms with van der Waals surface area (Å²) in [6, 6.07) is 12.5. The second kappa shape index (κ2) is 10.9. The standard InChI is InChI=1S/C24H28FN3O4/c1-17(23(30)26-16-19-3-7-20(8-4-19)24(31)32-2)27-11-13-28(14-12-27)22(29)15-18-5-9-21(25)10-6-18/h3-10,17H,11-16H2,1-2H3,(H,26,30). The number of nitrogens with zero attached hydrogens (tertiary/aromatic N) is 2. The molecule has 8 heteroatoms. The molecule has 32 heavy (non-hydrogen) atoms. The van der Waals surface area contributed by atoms with E-state index in [-0.39, 0.29) is 30.1 Å². The zero-order chi connectivity index (χ0) is 23.1. The van der Waals surface area contributed by atoms with Gasteiger partial charge in [-0.25, -0.2) is 9.18 Å². The number of carbonyl (C=O) groups excluding carboxylic acids is 3. The summed E-state index contributed by atoms with van der Waals surface area (Å²) in [6.45, 7) is 4.53. The van der Waals surface area contributed by atoms with Gasteiger partial charge in [0.15, 0.2) is 0 Å². The fourth-order valence-corrected chi connectivity index (χ4v) is 3.63. The maximum atomic E-state index is 13.0. The van der Waals surface area contributed by atoms with Gasteiger partial charge in [-0.15, -0.1) is 0 Å². The second-order valence-electron chi connectivity index (χ2n) is 7.80. The van der Waals surface area contributed by atoms with Crippen LogP contribution in [0.1, 0.15) is 28.4 Å². The predicted molar refractivity (Wildman–Crippen MR) is 117 cm³/mol. The Balaban J connectivity index is 1.43. The summed E-state index contributed by atoms with van der Waals surface area (Å²) in [5.41, 5.74) is 2.13. The van der Waals surface area contributed by atoms with Gasteiger partial charge in [-0.2, -0.15) is 0 Å². The topological polar surface area (TPSA) is 79.0 Å². The van der Waals surface area contributed by atoms with E-state index in [2.05, 4.69) is 15.0 Å². The first-order chi connectivity index (χ1) is 15.4. The highest BCUT2D eigenvalue weighted by Crippen LogP contribution is 2.11.